The first-order valence-electron chi connectivity index (χ1n) is 10.7. The lowest BCUT2D eigenvalue weighted by atomic mass is 10.2. The first-order chi connectivity index (χ1) is 16.9. The number of furan rings is 1. The molecule has 35 heavy (non-hydrogen) atoms. The number of benzene rings is 2. The van der Waals surface area contributed by atoms with Crippen LogP contribution in [0.4, 0.5) is 5.69 Å². The van der Waals surface area contributed by atoms with Gasteiger partial charge < -0.3 is 19.2 Å². The predicted octanol–water partition coefficient (Wildman–Crippen LogP) is 5.75. The zero-order valence-corrected chi connectivity index (χ0v) is 21.0. The number of carbonyl (C=O) groups excluding carboxylic acids is 2. The summed E-state index contributed by atoms with van der Waals surface area (Å²) in [5, 5.41) is 3.25. The zero-order valence-electron chi connectivity index (χ0n) is 18.7. The van der Waals surface area contributed by atoms with Crippen molar-refractivity contribution in [1.82, 2.24) is 4.90 Å². The summed E-state index contributed by atoms with van der Waals surface area (Å²) in [6.45, 7) is 2.32. The summed E-state index contributed by atoms with van der Waals surface area (Å²) < 4.78 is 17.2. The Kier molecular flexibility index (Phi) is 8.12. The topological polar surface area (TPSA) is 81.0 Å². The number of hydrogen-bond donors (Lipinski definition) is 1. The van der Waals surface area contributed by atoms with Crippen molar-refractivity contribution in [3.05, 3.63) is 82.1 Å². The lowest BCUT2D eigenvalue weighted by Gasteiger charge is -2.13. The highest BCUT2D eigenvalue weighted by Crippen LogP contribution is 2.35. The van der Waals surface area contributed by atoms with E-state index in [4.69, 9.17) is 37.7 Å². The van der Waals surface area contributed by atoms with Gasteiger partial charge in [0.2, 0.25) is 0 Å². The van der Waals surface area contributed by atoms with Crippen LogP contribution in [0.2, 0.25) is 5.02 Å². The summed E-state index contributed by atoms with van der Waals surface area (Å²) in [5.74, 6) is 1.01. The van der Waals surface area contributed by atoms with Gasteiger partial charge in [-0.3, -0.25) is 14.5 Å². The molecule has 2 heterocycles. The number of carbonyl (C=O) groups is 2. The minimum atomic E-state index is -0.334. The molecular formula is C25H21ClN2O5S2. The van der Waals surface area contributed by atoms with Crippen molar-refractivity contribution in [2.75, 3.05) is 18.5 Å². The monoisotopic (exact) mass is 528 g/mol. The van der Waals surface area contributed by atoms with Gasteiger partial charge in [0.15, 0.2) is 18.1 Å². The number of thiocarbonyl (C=S) groups is 1. The normalized spacial score (nSPS) is 14.5. The van der Waals surface area contributed by atoms with E-state index in [1.54, 1.807) is 66.9 Å². The van der Waals surface area contributed by atoms with Crippen LogP contribution in [-0.2, 0) is 16.1 Å². The second-order valence-electron chi connectivity index (χ2n) is 7.33. The highest BCUT2D eigenvalue weighted by molar-refractivity contribution is 8.26. The lowest BCUT2D eigenvalue weighted by molar-refractivity contribution is -0.122. The maximum absolute atomic E-state index is 12.9. The molecular weight excluding hydrogens is 508 g/mol. The first kappa shape index (κ1) is 24.8. The number of amides is 2. The molecule has 180 valence electrons. The number of nitrogens with zero attached hydrogens (tertiary/aromatic N) is 1. The smallest absolute Gasteiger partial charge is 0.266 e. The molecule has 1 N–H and O–H groups in total. The Labute approximate surface area is 217 Å². The number of rotatable bonds is 9. The van der Waals surface area contributed by atoms with E-state index in [0.717, 1.165) is 5.56 Å². The standard InChI is InChI=1S/C25H21ClN2O5S2/c1-2-31-21-11-16(12-22-24(30)28(25(34)35-22)14-19-7-4-10-32-19)8-9-20(21)33-15-23(29)27-18-6-3-5-17(26)13-18/h3-13H,2,14-15H2,1H3,(H,27,29)/b22-12-. The number of halogens is 1. The molecule has 0 radical (unpaired) electrons. The molecule has 1 aliphatic heterocycles. The Hall–Kier alpha value is -3.27. The predicted molar refractivity (Wildman–Crippen MR) is 141 cm³/mol. The van der Waals surface area contributed by atoms with E-state index in [0.29, 0.717) is 43.8 Å². The maximum Gasteiger partial charge on any atom is 0.266 e. The van der Waals surface area contributed by atoms with Crippen molar-refractivity contribution in [3.63, 3.8) is 0 Å². The summed E-state index contributed by atoms with van der Waals surface area (Å²) in [6, 6.07) is 15.7. The highest BCUT2D eigenvalue weighted by Gasteiger charge is 2.32. The summed E-state index contributed by atoms with van der Waals surface area (Å²) in [4.78, 5) is 27.2. The minimum Gasteiger partial charge on any atom is -0.490 e. The molecule has 10 heteroatoms. The molecule has 1 aromatic heterocycles. The molecule has 0 spiro atoms. The van der Waals surface area contributed by atoms with E-state index < -0.39 is 0 Å². The molecule has 0 bridgehead atoms. The molecule has 0 atom stereocenters. The van der Waals surface area contributed by atoms with E-state index in [1.165, 1.54) is 16.7 Å². The van der Waals surface area contributed by atoms with Gasteiger partial charge in [-0.1, -0.05) is 47.7 Å². The van der Waals surface area contributed by atoms with E-state index in [9.17, 15) is 9.59 Å². The van der Waals surface area contributed by atoms with Gasteiger partial charge in [0.1, 0.15) is 10.1 Å². The van der Waals surface area contributed by atoms with E-state index in [1.807, 2.05) is 6.92 Å². The molecule has 0 aliphatic carbocycles. The van der Waals surface area contributed by atoms with Crippen LogP contribution >= 0.6 is 35.6 Å². The van der Waals surface area contributed by atoms with Gasteiger partial charge in [-0.05, 0) is 61.0 Å². The van der Waals surface area contributed by atoms with E-state index >= 15 is 0 Å². The van der Waals surface area contributed by atoms with Crippen LogP contribution in [0.5, 0.6) is 11.5 Å². The third-order valence-electron chi connectivity index (χ3n) is 4.80. The SMILES string of the molecule is CCOc1cc(/C=C2\SC(=S)N(Cc3ccco3)C2=O)ccc1OCC(=O)Nc1cccc(Cl)c1. The molecule has 2 amide bonds. The average Bonchev–Trinajstić information content (AvgIpc) is 3.43. The Morgan fingerprint density at radius 1 is 1.17 bits per heavy atom. The third-order valence-corrected chi connectivity index (χ3v) is 6.41. The van der Waals surface area contributed by atoms with Crippen molar-refractivity contribution in [2.24, 2.45) is 0 Å². The summed E-state index contributed by atoms with van der Waals surface area (Å²) >= 11 is 12.6. The van der Waals surface area contributed by atoms with Gasteiger partial charge in [0.05, 0.1) is 24.3 Å². The van der Waals surface area contributed by atoms with Crippen LogP contribution in [0.3, 0.4) is 0 Å². The Balaban J connectivity index is 1.44. The van der Waals surface area contributed by atoms with Crippen LogP contribution in [-0.4, -0.2) is 34.2 Å². The highest BCUT2D eigenvalue weighted by atomic mass is 35.5. The molecule has 0 unspecified atom stereocenters. The minimum absolute atomic E-state index is 0.188. The van der Waals surface area contributed by atoms with Gasteiger partial charge in [-0.15, -0.1) is 0 Å². The van der Waals surface area contributed by atoms with Gasteiger partial charge in [0.25, 0.3) is 11.8 Å². The Morgan fingerprint density at radius 3 is 2.77 bits per heavy atom. The van der Waals surface area contributed by atoms with Crippen molar-refractivity contribution in [2.45, 2.75) is 13.5 Å². The van der Waals surface area contributed by atoms with Crippen LogP contribution in [0, 0.1) is 0 Å². The van der Waals surface area contributed by atoms with E-state index in [-0.39, 0.29) is 25.0 Å². The molecule has 1 aliphatic rings. The summed E-state index contributed by atoms with van der Waals surface area (Å²) in [7, 11) is 0. The van der Waals surface area contributed by atoms with Crippen molar-refractivity contribution < 1.29 is 23.5 Å². The molecule has 4 rings (SSSR count). The first-order valence-corrected chi connectivity index (χ1v) is 12.3. The fraction of sp³-hybridized carbons (Fsp3) is 0.160. The summed E-state index contributed by atoms with van der Waals surface area (Å²) in [6.07, 6.45) is 3.31. The fourth-order valence-corrected chi connectivity index (χ4v) is 4.70. The number of ether oxygens (including phenoxy) is 2. The van der Waals surface area contributed by atoms with Crippen LogP contribution in [0.25, 0.3) is 6.08 Å². The number of hydrogen-bond acceptors (Lipinski definition) is 7. The third kappa shape index (κ3) is 6.45. The summed E-state index contributed by atoms with van der Waals surface area (Å²) in [5.41, 5.74) is 1.32. The largest absolute Gasteiger partial charge is 0.490 e. The molecule has 3 aromatic rings. The molecule has 0 saturated carbocycles. The van der Waals surface area contributed by atoms with Gasteiger partial charge >= 0.3 is 0 Å². The molecule has 2 aromatic carbocycles. The van der Waals surface area contributed by atoms with E-state index in [2.05, 4.69) is 5.32 Å². The molecule has 1 saturated heterocycles. The van der Waals surface area contributed by atoms with Crippen LogP contribution in [0.15, 0.2) is 70.2 Å². The lowest BCUT2D eigenvalue weighted by Crippen LogP contribution is -2.27. The maximum atomic E-state index is 12.9. The van der Waals surface area contributed by atoms with Gasteiger partial charge in [0, 0.05) is 10.7 Å². The van der Waals surface area contributed by atoms with Crippen molar-refractivity contribution in [3.8, 4) is 11.5 Å². The van der Waals surface area contributed by atoms with Crippen molar-refractivity contribution >= 4 is 63.5 Å². The zero-order chi connectivity index (χ0) is 24.8. The fourth-order valence-electron chi connectivity index (χ4n) is 3.25. The molecule has 1 fully saturated rings. The average molecular weight is 529 g/mol. The van der Waals surface area contributed by atoms with Crippen molar-refractivity contribution in [1.29, 1.82) is 0 Å². The molecule has 7 nitrogen and oxygen atoms in total. The second-order valence-corrected chi connectivity index (χ2v) is 9.45. The Bertz CT molecular complexity index is 1280. The van der Waals surface area contributed by atoms with Crippen LogP contribution in [0.1, 0.15) is 18.2 Å². The number of anilines is 1. The second kappa shape index (κ2) is 11.4. The van der Waals surface area contributed by atoms with Crippen LogP contribution < -0.4 is 14.8 Å². The number of thioether (sulfide) groups is 1. The Morgan fingerprint density at radius 2 is 2.03 bits per heavy atom. The quantitative estimate of drug-likeness (QED) is 0.280. The van der Waals surface area contributed by atoms with Gasteiger partial charge in [-0.25, -0.2) is 0 Å². The van der Waals surface area contributed by atoms with Gasteiger partial charge in [-0.2, -0.15) is 0 Å². The number of nitrogens with one attached hydrogen (secondary N) is 1.